The maximum atomic E-state index is 12.2. The van der Waals surface area contributed by atoms with Crippen molar-refractivity contribution in [2.45, 2.75) is 26.8 Å². The predicted molar refractivity (Wildman–Crippen MR) is 97.5 cm³/mol. The minimum absolute atomic E-state index is 0.126. The molecule has 0 fully saturated rings. The van der Waals surface area contributed by atoms with E-state index >= 15 is 0 Å². The molecule has 0 radical (unpaired) electrons. The number of imidazole rings is 1. The number of benzene rings is 2. The third-order valence-electron chi connectivity index (χ3n) is 3.95. The topological polar surface area (TPSA) is 79.5 Å². The van der Waals surface area contributed by atoms with Gasteiger partial charge in [0.05, 0.1) is 23.1 Å². The number of aromatic hydroxyl groups is 1. The Bertz CT molecular complexity index is 944. The SMILES string of the molecule is CC/C(=N\NC(=O)Cn1cnc2ccccc21)c1cc(C)ccc1O. The first-order valence-electron chi connectivity index (χ1n) is 8.13. The second-order valence-corrected chi connectivity index (χ2v) is 5.83. The standard InChI is InChI=1S/C19H20N4O2/c1-3-15(14-10-13(2)8-9-18(14)24)21-22-19(25)11-23-12-20-16-6-4-5-7-17(16)23/h4-10,12,24H,3,11H2,1-2H3,(H,22,25)/b21-15+. The van der Waals surface area contributed by atoms with Crippen molar-refractivity contribution in [3.05, 3.63) is 59.9 Å². The van der Waals surface area contributed by atoms with Gasteiger partial charge in [0, 0.05) is 5.56 Å². The van der Waals surface area contributed by atoms with Crippen molar-refractivity contribution in [1.82, 2.24) is 15.0 Å². The lowest BCUT2D eigenvalue weighted by Crippen LogP contribution is -2.24. The molecule has 0 saturated carbocycles. The zero-order valence-corrected chi connectivity index (χ0v) is 14.2. The van der Waals surface area contributed by atoms with Crippen LogP contribution in [0.15, 0.2) is 53.9 Å². The molecule has 25 heavy (non-hydrogen) atoms. The first kappa shape index (κ1) is 16.7. The number of hydrogen-bond donors (Lipinski definition) is 2. The summed E-state index contributed by atoms with van der Waals surface area (Å²) in [4.78, 5) is 16.5. The number of nitrogens with zero attached hydrogens (tertiary/aromatic N) is 3. The zero-order chi connectivity index (χ0) is 17.8. The lowest BCUT2D eigenvalue weighted by molar-refractivity contribution is -0.121. The summed E-state index contributed by atoms with van der Waals surface area (Å²) in [6, 6.07) is 13.0. The zero-order valence-electron chi connectivity index (χ0n) is 14.2. The fourth-order valence-corrected chi connectivity index (χ4v) is 2.67. The van der Waals surface area contributed by atoms with Gasteiger partial charge in [-0.1, -0.05) is 30.7 Å². The Kier molecular flexibility index (Phi) is 4.79. The van der Waals surface area contributed by atoms with E-state index in [9.17, 15) is 9.90 Å². The smallest absolute Gasteiger partial charge is 0.260 e. The Morgan fingerprint density at radius 2 is 2.08 bits per heavy atom. The number of hydrogen-bond acceptors (Lipinski definition) is 4. The van der Waals surface area contributed by atoms with Crippen LogP contribution >= 0.6 is 0 Å². The molecular formula is C19H20N4O2. The van der Waals surface area contributed by atoms with Crippen LogP contribution in [0.2, 0.25) is 0 Å². The lowest BCUT2D eigenvalue weighted by Gasteiger charge is -2.09. The summed E-state index contributed by atoms with van der Waals surface area (Å²) in [5.41, 5.74) is 6.60. The molecule has 2 aromatic carbocycles. The second-order valence-electron chi connectivity index (χ2n) is 5.83. The number of carbonyl (C=O) groups is 1. The molecule has 3 rings (SSSR count). The van der Waals surface area contributed by atoms with E-state index in [4.69, 9.17) is 0 Å². The summed E-state index contributed by atoms with van der Waals surface area (Å²) < 4.78 is 1.77. The average Bonchev–Trinajstić information content (AvgIpc) is 3.01. The number of phenolic OH excluding ortho intramolecular Hbond substituents is 1. The van der Waals surface area contributed by atoms with E-state index in [0.29, 0.717) is 17.7 Å². The molecular weight excluding hydrogens is 316 g/mol. The van der Waals surface area contributed by atoms with E-state index in [2.05, 4.69) is 15.5 Å². The normalized spacial score (nSPS) is 11.7. The number of phenols is 1. The number of nitrogens with one attached hydrogen (secondary N) is 1. The van der Waals surface area contributed by atoms with Gasteiger partial charge in [0.15, 0.2) is 0 Å². The first-order valence-corrected chi connectivity index (χ1v) is 8.13. The summed E-state index contributed by atoms with van der Waals surface area (Å²) in [6.07, 6.45) is 2.23. The number of aromatic nitrogens is 2. The van der Waals surface area contributed by atoms with E-state index in [1.165, 1.54) is 0 Å². The lowest BCUT2D eigenvalue weighted by atomic mass is 10.0. The van der Waals surface area contributed by atoms with Gasteiger partial charge < -0.3 is 9.67 Å². The van der Waals surface area contributed by atoms with Crippen LogP contribution in [-0.2, 0) is 11.3 Å². The summed E-state index contributed by atoms with van der Waals surface area (Å²) in [7, 11) is 0. The molecule has 0 saturated heterocycles. The number of carbonyl (C=O) groups excluding carboxylic acids is 1. The van der Waals surface area contributed by atoms with Crippen LogP contribution in [0.25, 0.3) is 11.0 Å². The van der Waals surface area contributed by atoms with E-state index in [-0.39, 0.29) is 18.2 Å². The van der Waals surface area contributed by atoms with E-state index in [1.807, 2.05) is 50.2 Å². The Morgan fingerprint density at radius 3 is 2.88 bits per heavy atom. The van der Waals surface area contributed by atoms with E-state index in [0.717, 1.165) is 16.6 Å². The highest BCUT2D eigenvalue weighted by atomic mass is 16.3. The minimum Gasteiger partial charge on any atom is -0.507 e. The van der Waals surface area contributed by atoms with Gasteiger partial charge in [-0.2, -0.15) is 5.10 Å². The van der Waals surface area contributed by atoms with Gasteiger partial charge in [0.2, 0.25) is 0 Å². The maximum Gasteiger partial charge on any atom is 0.260 e. The fraction of sp³-hybridized carbons (Fsp3) is 0.211. The largest absolute Gasteiger partial charge is 0.507 e. The van der Waals surface area contributed by atoms with Gasteiger partial charge in [0.1, 0.15) is 12.3 Å². The van der Waals surface area contributed by atoms with Gasteiger partial charge in [-0.25, -0.2) is 10.4 Å². The fourth-order valence-electron chi connectivity index (χ4n) is 2.67. The molecule has 0 aliphatic heterocycles. The molecule has 1 heterocycles. The molecule has 3 aromatic rings. The van der Waals surface area contributed by atoms with E-state index in [1.54, 1.807) is 17.0 Å². The van der Waals surface area contributed by atoms with Crippen molar-refractivity contribution in [2.24, 2.45) is 5.10 Å². The molecule has 0 bridgehead atoms. The summed E-state index contributed by atoms with van der Waals surface area (Å²) in [5, 5.41) is 14.2. The highest BCUT2D eigenvalue weighted by Crippen LogP contribution is 2.20. The Balaban J connectivity index is 1.75. The monoisotopic (exact) mass is 336 g/mol. The Hall–Kier alpha value is -3.15. The van der Waals surface area contributed by atoms with Crippen molar-refractivity contribution in [1.29, 1.82) is 0 Å². The molecule has 0 aliphatic carbocycles. The summed E-state index contributed by atoms with van der Waals surface area (Å²) in [5.74, 6) is -0.0951. The third-order valence-corrected chi connectivity index (χ3v) is 3.95. The quantitative estimate of drug-likeness (QED) is 0.555. The average molecular weight is 336 g/mol. The molecule has 128 valence electrons. The number of amides is 1. The summed E-state index contributed by atoms with van der Waals surface area (Å²) >= 11 is 0. The van der Waals surface area contributed by atoms with Crippen molar-refractivity contribution in [3.8, 4) is 5.75 Å². The molecule has 0 spiro atoms. The van der Waals surface area contributed by atoms with Crippen LogP contribution in [-0.4, -0.2) is 26.3 Å². The van der Waals surface area contributed by atoms with Crippen molar-refractivity contribution in [2.75, 3.05) is 0 Å². The van der Waals surface area contributed by atoms with Crippen molar-refractivity contribution >= 4 is 22.7 Å². The number of rotatable bonds is 5. The predicted octanol–water partition coefficient (Wildman–Crippen LogP) is 2.98. The maximum absolute atomic E-state index is 12.2. The number of hydrazone groups is 1. The van der Waals surface area contributed by atoms with Crippen LogP contribution in [0.1, 0.15) is 24.5 Å². The van der Waals surface area contributed by atoms with Crippen LogP contribution in [0.5, 0.6) is 5.75 Å². The second kappa shape index (κ2) is 7.17. The van der Waals surface area contributed by atoms with Gasteiger partial charge in [-0.05, 0) is 37.6 Å². The van der Waals surface area contributed by atoms with Crippen molar-refractivity contribution < 1.29 is 9.90 Å². The number of aryl methyl sites for hydroxylation is 1. The molecule has 6 nitrogen and oxygen atoms in total. The van der Waals surface area contributed by atoms with Gasteiger partial charge >= 0.3 is 0 Å². The molecule has 2 N–H and O–H groups in total. The Morgan fingerprint density at radius 1 is 1.28 bits per heavy atom. The third kappa shape index (κ3) is 3.68. The Labute approximate surface area is 145 Å². The minimum atomic E-state index is -0.249. The molecule has 6 heteroatoms. The molecule has 0 aliphatic rings. The number of fused-ring (bicyclic) bond motifs is 1. The molecule has 1 aromatic heterocycles. The van der Waals surface area contributed by atoms with Crippen LogP contribution < -0.4 is 5.43 Å². The molecule has 0 atom stereocenters. The summed E-state index contributed by atoms with van der Waals surface area (Å²) in [6.45, 7) is 4.00. The van der Waals surface area contributed by atoms with Gasteiger partial charge in [-0.15, -0.1) is 0 Å². The van der Waals surface area contributed by atoms with Crippen LogP contribution in [0.3, 0.4) is 0 Å². The number of para-hydroxylation sites is 2. The van der Waals surface area contributed by atoms with Crippen molar-refractivity contribution in [3.63, 3.8) is 0 Å². The van der Waals surface area contributed by atoms with Gasteiger partial charge in [0.25, 0.3) is 5.91 Å². The highest BCUT2D eigenvalue weighted by molar-refractivity contribution is 6.03. The van der Waals surface area contributed by atoms with E-state index < -0.39 is 0 Å². The van der Waals surface area contributed by atoms with Crippen LogP contribution in [0, 0.1) is 6.92 Å². The van der Waals surface area contributed by atoms with Crippen LogP contribution in [0.4, 0.5) is 0 Å². The molecule has 1 amide bonds. The first-order chi connectivity index (χ1) is 12.1. The highest BCUT2D eigenvalue weighted by Gasteiger charge is 2.10. The van der Waals surface area contributed by atoms with Gasteiger partial charge in [-0.3, -0.25) is 4.79 Å². The molecule has 0 unspecified atom stereocenters.